The number of aryl methyl sites for hydroxylation is 1. The number of aromatic nitrogens is 3. The Bertz CT molecular complexity index is 610. The van der Waals surface area contributed by atoms with Crippen molar-refractivity contribution in [1.29, 1.82) is 0 Å². The Kier molecular flexibility index (Phi) is 5.12. The highest BCUT2D eigenvalue weighted by molar-refractivity contribution is 7.09. The van der Waals surface area contributed by atoms with Crippen molar-refractivity contribution in [2.24, 2.45) is 0 Å². The molecule has 0 unspecified atom stereocenters. The molecule has 0 spiro atoms. The van der Waals surface area contributed by atoms with Crippen LogP contribution in [0, 0.1) is 13.8 Å². The van der Waals surface area contributed by atoms with E-state index in [-0.39, 0.29) is 5.92 Å². The van der Waals surface area contributed by atoms with Crippen LogP contribution in [0.4, 0.5) is 5.82 Å². The highest BCUT2D eigenvalue weighted by Crippen LogP contribution is 2.25. The summed E-state index contributed by atoms with van der Waals surface area (Å²) in [5, 5.41) is 3.10. The lowest BCUT2D eigenvalue weighted by Gasteiger charge is -2.14. The van der Waals surface area contributed by atoms with Gasteiger partial charge < -0.3 is 10.1 Å². The molecule has 114 valence electrons. The first-order chi connectivity index (χ1) is 10.0. The molecule has 0 saturated carbocycles. The Balaban J connectivity index is 2.11. The summed E-state index contributed by atoms with van der Waals surface area (Å²) in [6, 6.07) is 0. The van der Waals surface area contributed by atoms with Gasteiger partial charge in [-0.3, -0.25) is 0 Å². The van der Waals surface area contributed by atoms with E-state index in [0.29, 0.717) is 12.5 Å². The minimum atomic E-state index is 0.267. The van der Waals surface area contributed by atoms with Crippen LogP contribution in [0.2, 0.25) is 0 Å². The summed E-state index contributed by atoms with van der Waals surface area (Å²) in [6.07, 6.45) is 0.853. The maximum atomic E-state index is 5.89. The van der Waals surface area contributed by atoms with E-state index in [1.807, 2.05) is 26.4 Å². The summed E-state index contributed by atoms with van der Waals surface area (Å²) in [7, 11) is 1.86. The summed E-state index contributed by atoms with van der Waals surface area (Å²) < 4.78 is 5.89. The van der Waals surface area contributed by atoms with Crippen molar-refractivity contribution in [1.82, 2.24) is 15.0 Å². The van der Waals surface area contributed by atoms with Crippen LogP contribution in [0.1, 0.15) is 41.7 Å². The van der Waals surface area contributed by atoms with Crippen molar-refractivity contribution in [3.63, 3.8) is 0 Å². The van der Waals surface area contributed by atoms with E-state index in [4.69, 9.17) is 4.74 Å². The smallest absolute Gasteiger partial charge is 0.221 e. The van der Waals surface area contributed by atoms with E-state index in [0.717, 1.165) is 29.3 Å². The number of nitrogens with zero attached hydrogens (tertiary/aromatic N) is 3. The fourth-order valence-electron chi connectivity index (χ4n) is 1.96. The lowest BCUT2D eigenvalue weighted by molar-refractivity contribution is 0.306. The molecule has 2 aromatic heterocycles. The molecule has 0 bridgehead atoms. The van der Waals surface area contributed by atoms with Gasteiger partial charge in [0.2, 0.25) is 5.88 Å². The Hall–Kier alpha value is -1.69. The highest BCUT2D eigenvalue weighted by atomic mass is 32.1. The predicted octanol–water partition coefficient (Wildman–Crippen LogP) is 3.34. The summed E-state index contributed by atoms with van der Waals surface area (Å²) in [6.45, 7) is 8.76. The van der Waals surface area contributed by atoms with Crippen LogP contribution < -0.4 is 10.1 Å². The van der Waals surface area contributed by atoms with Crippen LogP contribution in [-0.4, -0.2) is 28.6 Å². The average molecular weight is 306 g/mol. The van der Waals surface area contributed by atoms with Gasteiger partial charge in [0, 0.05) is 24.3 Å². The standard InChI is InChI=1S/C15H22N4OS/c1-9(2)13-18-14(16-5)10(3)15(19-13)20-7-6-12-11(4)17-8-21-12/h8-9H,6-7H2,1-5H3,(H,16,18,19). The van der Waals surface area contributed by atoms with Gasteiger partial charge in [-0.1, -0.05) is 13.8 Å². The van der Waals surface area contributed by atoms with E-state index in [1.165, 1.54) is 4.88 Å². The van der Waals surface area contributed by atoms with Crippen LogP contribution in [-0.2, 0) is 6.42 Å². The van der Waals surface area contributed by atoms with Crippen LogP contribution in [0.5, 0.6) is 5.88 Å². The van der Waals surface area contributed by atoms with Crippen molar-refractivity contribution in [3.8, 4) is 5.88 Å². The molecule has 0 saturated heterocycles. The lowest BCUT2D eigenvalue weighted by Crippen LogP contribution is -2.10. The van der Waals surface area contributed by atoms with Gasteiger partial charge >= 0.3 is 0 Å². The largest absolute Gasteiger partial charge is 0.477 e. The molecular formula is C15H22N4OS. The minimum Gasteiger partial charge on any atom is -0.477 e. The van der Waals surface area contributed by atoms with Crippen LogP contribution in [0.15, 0.2) is 5.51 Å². The Labute approximate surface area is 129 Å². The molecule has 0 aromatic carbocycles. The van der Waals surface area contributed by atoms with E-state index >= 15 is 0 Å². The maximum absolute atomic E-state index is 5.89. The third-order valence-electron chi connectivity index (χ3n) is 3.28. The molecule has 5 nitrogen and oxygen atoms in total. The SMILES string of the molecule is CNc1nc(C(C)C)nc(OCCc2scnc2C)c1C. The summed E-state index contributed by atoms with van der Waals surface area (Å²) >= 11 is 1.67. The van der Waals surface area contributed by atoms with E-state index in [1.54, 1.807) is 11.3 Å². The van der Waals surface area contributed by atoms with E-state index < -0.39 is 0 Å². The summed E-state index contributed by atoms with van der Waals surface area (Å²) in [4.78, 5) is 14.6. The highest BCUT2D eigenvalue weighted by Gasteiger charge is 2.13. The first kappa shape index (κ1) is 15.7. The third-order valence-corrected chi connectivity index (χ3v) is 4.28. The molecule has 0 radical (unpaired) electrons. The van der Waals surface area contributed by atoms with Crippen LogP contribution in [0.3, 0.4) is 0 Å². The quantitative estimate of drug-likeness (QED) is 0.887. The molecule has 0 amide bonds. The topological polar surface area (TPSA) is 59.9 Å². The van der Waals surface area contributed by atoms with E-state index in [2.05, 4.69) is 34.1 Å². The van der Waals surface area contributed by atoms with Gasteiger partial charge in [-0.25, -0.2) is 9.97 Å². The Morgan fingerprint density at radius 1 is 1.29 bits per heavy atom. The molecular weight excluding hydrogens is 284 g/mol. The summed E-state index contributed by atoms with van der Waals surface area (Å²) in [5.41, 5.74) is 3.90. The zero-order valence-corrected chi connectivity index (χ0v) is 14.0. The van der Waals surface area contributed by atoms with Crippen molar-refractivity contribution in [2.75, 3.05) is 19.0 Å². The second-order valence-electron chi connectivity index (χ2n) is 5.22. The van der Waals surface area contributed by atoms with Crippen molar-refractivity contribution in [2.45, 2.75) is 40.0 Å². The number of ether oxygens (including phenoxy) is 1. The normalized spacial score (nSPS) is 11.0. The molecule has 2 aromatic rings. The number of hydrogen-bond donors (Lipinski definition) is 1. The molecule has 0 aliphatic carbocycles. The van der Waals surface area contributed by atoms with Gasteiger partial charge in [0.25, 0.3) is 0 Å². The Morgan fingerprint density at radius 2 is 2.05 bits per heavy atom. The van der Waals surface area contributed by atoms with E-state index in [9.17, 15) is 0 Å². The number of nitrogens with one attached hydrogen (secondary N) is 1. The zero-order chi connectivity index (χ0) is 15.4. The Morgan fingerprint density at radius 3 is 2.62 bits per heavy atom. The monoisotopic (exact) mass is 306 g/mol. The minimum absolute atomic E-state index is 0.267. The fourth-order valence-corrected chi connectivity index (χ4v) is 2.72. The third kappa shape index (κ3) is 3.69. The molecule has 2 rings (SSSR count). The van der Waals surface area contributed by atoms with Gasteiger partial charge in [0.15, 0.2) is 0 Å². The molecule has 21 heavy (non-hydrogen) atoms. The number of thiazole rings is 1. The number of anilines is 1. The molecule has 0 atom stereocenters. The molecule has 1 N–H and O–H groups in total. The van der Waals surface area contributed by atoms with Gasteiger partial charge in [0.1, 0.15) is 11.6 Å². The number of hydrogen-bond acceptors (Lipinski definition) is 6. The second kappa shape index (κ2) is 6.85. The predicted molar refractivity (Wildman–Crippen MR) is 86.5 cm³/mol. The fraction of sp³-hybridized carbons (Fsp3) is 0.533. The molecule has 2 heterocycles. The van der Waals surface area contributed by atoms with Gasteiger partial charge in [-0.15, -0.1) is 11.3 Å². The molecule has 0 aliphatic heterocycles. The van der Waals surface area contributed by atoms with Crippen molar-refractivity contribution < 1.29 is 4.74 Å². The first-order valence-corrected chi connectivity index (χ1v) is 7.99. The summed E-state index contributed by atoms with van der Waals surface area (Å²) in [5.74, 6) is 2.57. The first-order valence-electron chi connectivity index (χ1n) is 7.11. The molecule has 0 fully saturated rings. The second-order valence-corrected chi connectivity index (χ2v) is 6.16. The van der Waals surface area contributed by atoms with Gasteiger partial charge in [-0.05, 0) is 13.8 Å². The van der Waals surface area contributed by atoms with Gasteiger partial charge in [-0.2, -0.15) is 4.98 Å². The average Bonchev–Trinajstić information content (AvgIpc) is 2.86. The van der Waals surface area contributed by atoms with Crippen LogP contribution >= 0.6 is 11.3 Å². The lowest BCUT2D eigenvalue weighted by atomic mass is 10.2. The molecule has 6 heteroatoms. The zero-order valence-electron chi connectivity index (χ0n) is 13.2. The van der Waals surface area contributed by atoms with Crippen molar-refractivity contribution in [3.05, 3.63) is 27.5 Å². The van der Waals surface area contributed by atoms with Gasteiger partial charge in [0.05, 0.1) is 23.4 Å². The molecule has 0 aliphatic rings. The maximum Gasteiger partial charge on any atom is 0.221 e. The number of rotatable bonds is 6. The van der Waals surface area contributed by atoms with Crippen LogP contribution in [0.25, 0.3) is 0 Å². The van der Waals surface area contributed by atoms with Crippen molar-refractivity contribution >= 4 is 17.2 Å².